The van der Waals surface area contributed by atoms with Crippen LogP contribution in [0.3, 0.4) is 0 Å². The second kappa shape index (κ2) is 9.53. The van der Waals surface area contributed by atoms with Crippen LogP contribution < -0.4 is 10.1 Å². The normalized spacial score (nSPS) is 14.6. The van der Waals surface area contributed by atoms with Gasteiger partial charge in [0.25, 0.3) is 5.91 Å². The van der Waals surface area contributed by atoms with E-state index in [0.29, 0.717) is 13.1 Å². The Kier molecular flexibility index (Phi) is 6.69. The lowest BCUT2D eigenvalue weighted by atomic mass is 10.2. The highest BCUT2D eigenvalue weighted by molar-refractivity contribution is 7.91. The Hall–Kier alpha value is -3.28. The summed E-state index contributed by atoms with van der Waals surface area (Å²) in [7, 11) is -6.18. The number of sulfone groups is 1. The predicted molar refractivity (Wildman–Crippen MR) is 125 cm³/mol. The summed E-state index contributed by atoms with van der Waals surface area (Å²) >= 11 is 0. The van der Waals surface area contributed by atoms with E-state index in [0.717, 1.165) is 19.0 Å². The third-order valence-electron chi connectivity index (χ3n) is 5.44. The fourth-order valence-electron chi connectivity index (χ4n) is 3.61. The number of nitrogens with zero attached hydrogens (tertiary/aromatic N) is 2. The van der Waals surface area contributed by atoms with Gasteiger partial charge in [-0.05, 0) is 43.2 Å². The third kappa shape index (κ3) is 4.67. The van der Waals surface area contributed by atoms with E-state index in [1.807, 2.05) is 0 Å². The van der Waals surface area contributed by atoms with Gasteiger partial charge in [-0.15, -0.1) is 0 Å². The zero-order valence-corrected chi connectivity index (χ0v) is 20.0. The van der Waals surface area contributed by atoms with E-state index >= 15 is 0 Å². The van der Waals surface area contributed by atoms with Crippen LogP contribution in [0.1, 0.15) is 23.2 Å². The Morgan fingerprint density at radius 3 is 2.26 bits per heavy atom. The first-order chi connectivity index (χ1) is 16.2. The fraction of sp³-hybridized carbons (Fsp3) is 0.217. The van der Waals surface area contributed by atoms with Crippen molar-refractivity contribution in [1.29, 1.82) is 0 Å². The van der Waals surface area contributed by atoms with Crippen molar-refractivity contribution in [2.45, 2.75) is 27.5 Å². The number of rotatable bonds is 7. The summed E-state index contributed by atoms with van der Waals surface area (Å²) < 4.78 is 58.0. The molecule has 0 spiro atoms. The van der Waals surface area contributed by atoms with Crippen LogP contribution in [-0.2, 0) is 19.9 Å². The van der Waals surface area contributed by atoms with Crippen LogP contribution in [0.2, 0.25) is 0 Å². The lowest BCUT2D eigenvalue weighted by Gasteiger charge is -2.16. The van der Waals surface area contributed by atoms with E-state index in [9.17, 15) is 21.6 Å². The quantitative estimate of drug-likeness (QED) is 0.528. The van der Waals surface area contributed by atoms with Crippen LogP contribution in [0.4, 0.5) is 5.82 Å². The molecule has 1 N–H and O–H groups in total. The van der Waals surface area contributed by atoms with Crippen molar-refractivity contribution >= 4 is 31.6 Å². The Balaban J connectivity index is 1.59. The molecule has 4 rings (SSSR count). The highest BCUT2D eigenvalue weighted by Crippen LogP contribution is 2.29. The minimum Gasteiger partial charge on any atom is -0.493 e. The first-order valence-electron chi connectivity index (χ1n) is 10.5. The molecule has 1 aliphatic rings. The van der Waals surface area contributed by atoms with E-state index in [1.165, 1.54) is 53.9 Å². The number of hydrogen-bond donors (Lipinski definition) is 1. The van der Waals surface area contributed by atoms with E-state index in [4.69, 9.17) is 4.74 Å². The van der Waals surface area contributed by atoms with Crippen molar-refractivity contribution < 1.29 is 26.4 Å². The third-order valence-corrected chi connectivity index (χ3v) is 9.07. The molecule has 1 fully saturated rings. The maximum absolute atomic E-state index is 12.9. The molecule has 1 aliphatic heterocycles. The van der Waals surface area contributed by atoms with Crippen molar-refractivity contribution in [3.8, 4) is 5.75 Å². The number of aromatic nitrogens is 1. The number of benzene rings is 2. The second-order valence-electron chi connectivity index (χ2n) is 7.63. The first-order valence-corrected chi connectivity index (χ1v) is 13.4. The fourth-order valence-corrected chi connectivity index (χ4v) is 6.42. The predicted octanol–water partition coefficient (Wildman–Crippen LogP) is 2.96. The van der Waals surface area contributed by atoms with E-state index in [1.54, 1.807) is 18.2 Å². The number of carbonyl (C=O) groups excluding carboxylic acids is 1. The number of hydrogen-bond acceptors (Lipinski definition) is 7. The molecule has 2 heterocycles. The number of ether oxygens (including phenoxy) is 1. The Morgan fingerprint density at radius 2 is 1.59 bits per heavy atom. The van der Waals surface area contributed by atoms with Crippen LogP contribution >= 0.6 is 0 Å². The lowest BCUT2D eigenvalue weighted by Crippen LogP contribution is -2.28. The van der Waals surface area contributed by atoms with E-state index in [-0.39, 0.29) is 31.8 Å². The van der Waals surface area contributed by atoms with Gasteiger partial charge >= 0.3 is 0 Å². The first kappa shape index (κ1) is 23.9. The Morgan fingerprint density at radius 1 is 0.912 bits per heavy atom. The molecule has 2 aromatic carbocycles. The number of sulfonamides is 1. The van der Waals surface area contributed by atoms with Crippen LogP contribution in [0.5, 0.6) is 5.75 Å². The average molecular weight is 502 g/mol. The van der Waals surface area contributed by atoms with Crippen LogP contribution in [0.25, 0.3) is 0 Å². The van der Waals surface area contributed by atoms with Gasteiger partial charge in [0.05, 0.1) is 21.8 Å². The number of nitrogens with one attached hydrogen (secondary N) is 1. The van der Waals surface area contributed by atoms with Gasteiger partial charge in [0, 0.05) is 30.9 Å². The van der Waals surface area contributed by atoms with Gasteiger partial charge in [-0.3, -0.25) is 4.79 Å². The minimum atomic E-state index is -3.83. The summed E-state index contributed by atoms with van der Waals surface area (Å²) in [6, 6.07) is 14.9. The topological polar surface area (TPSA) is 123 Å². The molecule has 3 aromatic rings. The van der Waals surface area contributed by atoms with Crippen molar-refractivity contribution in [2.24, 2.45) is 0 Å². The van der Waals surface area contributed by atoms with E-state index in [2.05, 4.69) is 10.3 Å². The molecule has 0 aliphatic carbocycles. The van der Waals surface area contributed by atoms with Gasteiger partial charge in [-0.1, -0.05) is 24.3 Å². The molecule has 0 atom stereocenters. The summed E-state index contributed by atoms with van der Waals surface area (Å²) in [6.45, 7) is 0.913. The summed E-state index contributed by atoms with van der Waals surface area (Å²) in [5, 5.41) is 2.57. The molecule has 1 saturated heterocycles. The maximum Gasteiger partial charge on any atom is 0.256 e. The van der Waals surface area contributed by atoms with Crippen LogP contribution in [0.15, 0.2) is 81.5 Å². The van der Waals surface area contributed by atoms with Crippen LogP contribution in [0, 0.1) is 0 Å². The number of amides is 1. The van der Waals surface area contributed by atoms with Gasteiger partial charge in [-0.25, -0.2) is 21.8 Å². The van der Waals surface area contributed by atoms with Gasteiger partial charge in [0.15, 0.2) is 11.6 Å². The molecule has 0 bridgehead atoms. The zero-order chi connectivity index (χ0) is 24.3. The van der Waals surface area contributed by atoms with Crippen molar-refractivity contribution in [1.82, 2.24) is 9.29 Å². The Bertz CT molecular complexity index is 1420. The van der Waals surface area contributed by atoms with Crippen LogP contribution in [-0.4, -0.2) is 52.2 Å². The largest absolute Gasteiger partial charge is 0.493 e. The molecular weight excluding hydrogens is 478 g/mol. The van der Waals surface area contributed by atoms with Gasteiger partial charge < -0.3 is 10.1 Å². The SMILES string of the molecule is COc1cc(S(=O)(=O)c2ccccc2)cnc1NC(=O)c1cccc(S(=O)(=O)N2CCCC2)c1. The highest BCUT2D eigenvalue weighted by Gasteiger charge is 2.28. The molecule has 11 heteroatoms. The molecule has 1 aromatic heterocycles. The minimum absolute atomic E-state index is 0.00677. The standard InChI is InChI=1S/C23H23N3O6S2/c1-32-21-15-20(33(28,29)18-9-3-2-4-10-18)16-24-22(21)25-23(27)17-8-7-11-19(14-17)34(30,31)26-12-5-6-13-26/h2-4,7-11,14-16H,5-6,12-13H2,1H3,(H,24,25,27). The summed E-state index contributed by atoms with van der Waals surface area (Å²) in [6.07, 6.45) is 2.75. The monoisotopic (exact) mass is 501 g/mol. The number of anilines is 1. The summed E-state index contributed by atoms with van der Waals surface area (Å²) in [5.74, 6) is -0.554. The molecule has 0 saturated carbocycles. The number of pyridine rings is 1. The van der Waals surface area contributed by atoms with Gasteiger partial charge in [0.2, 0.25) is 19.9 Å². The molecule has 9 nitrogen and oxygen atoms in total. The summed E-state index contributed by atoms with van der Waals surface area (Å²) in [5.41, 5.74) is 0.116. The van der Waals surface area contributed by atoms with Crippen molar-refractivity contribution in [2.75, 3.05) is 25.5 Å². The van der Waals surface area contributed by atoms with Crippen molar-refractivity contribution in [3.05, 3.63) is 72.4 Å². The smallest absolute Gasteiger partial charge is 0.256 e. The lowest BCUT2D eigenvalue weighted by molar-refractivity contribution is 0.102. The van der Waals surface area contributed by atoms with Gasteiger partial charge in [-0.2, -0.15) is 4.31 Å². The second-order valence-corrected chi connectivity index (χ2v) is 11.5. The van der Waals surface area contributed by atoms with E-state index < -0.39 is 25.8 Å². The molecule has 34 heavy (non-hydrogen) atoms. The molecule has 0 radical (unpaired) electrons. The summed E-state index contributed by atoms with van der Waals surface area (Å²) in [4.78, 5) is 17.0. The zero-order valence-electron chi connectivity index (χ0n) is 18.3. The number of carbonyl (C=O) groups is 1. The highest BCUT2D eigenvalue weighted by atomic mass is 32.2. The molecule has 0 unspecified atom stereocenters. The van der Waals surface area contributed by atoms with Crippen molar-refractivity contribution in [3.63, 3.8) is 0 Å². The molecular formula is C23H23N3O6S2. The number of methoxy groups -OCH3 is 1. The molecule has 1 amide bonds. The maximum atomic E-state index is 12.9. The average Bonchev–Trinajstić information content (AvgIpc) is 3.41. The molecule has 178 valence electrons. The Labute approximate surface area is 198 Å². The van der Waals surface area contributed by atoms with Gasteiger partial charge in [0.1, 0.15) is 0 Å².